The molecule has 2 aromatic heterocycles. The Hall–Kier alpha value is -2.05. The van der Waals surface area contributed by atoms with Gasteiger partial charge in [-0.3, -0.25) is 0 Å². The zero-order valence-corrected chi connectivity index (χ0v) is 14.3. The highest BCUT2D eigenvalue weighted by Crippen LogP contribution is 2.24. The molecule has 23 heavy (non-hydrogen) atoms. The van der Waals surface area contributed by atoms with Gasteiger partial charge < -0.3 is 9.26 Å². The van der Waals surface area contributed by atoms with Gasteiger partial charge in [0.1, 0.15) is 11.1 Å². The van der Waals surface area contributed by atoms with E-state index >= 15 is 0 Å². The fourth-order valence-corrected chi connectivity index (χ4v) is 3.18. The summed E-state index contributed by atoms with van der Waals surface area (Å²) in [5.74, 6) is 1.21. The number of aromatic nitrogens is 3. The Balaban J connectivity index is 1.78. The van der Waals surface area contributed by atoms with Crippen molar-refractivity contribution < 1.29 is 9.26 Å². The maximum atomic E-state index is 5.39. The van der Waals surface area contributed by atoms with E-state index < -0.39 is 0 Å². The first-order valence-corrected chi connectivity index (χ1v) is 8.47. The molecule has 0 bridgehead atoms. The third-order valence-electron chi connectivity index (χ3n) is 3.71. The molecule has 5 nitrogen and oxygen atoms in total. The predicted molar refractivity (Wildman–Crippen MR) is 89.5 cm³/mol. The summed E-state index contributed by atoms with van der Waals surface area (Å²) in [4.78, 5) is 9.07. The number of nitrogens with zero attached hydrogens (tertiary/aromatic N) is 3. The molecule has 0 saturated heterocycles. The highest BCUT2D eigenvalue weighted by atomic mass is 32.1. The molecule has 1 atom stereocenters. The van der Waals surface area contributed by atoms with Crippen LogP contribution in [0.4, 0.5) is 0 Å². The summed E-state index contributed by atoms with van der Waals surface area (Å²) in [6.07, 6.45) is 1.47. The van der Waals surface area contributed by atoms with Gasteiger partial charge in [-0.1, -0.05) is 36.3 Å². The number of ether oxygens (including phenoxy) is 1. The van der Waals surface area contributed by atoms with Crippen LogP contribution in [0.2, 0.25) is 0 Å². The summed E-state index contributed by atoms with van der Waals surface area (Å²) in [7, 11) is 1.68. The largest absolute Gasteiger partial charge is 0.375 e. The molecular weight excluding hydrogens is 310 g/mol. The fraction of sp³-hybridized carbons (Fsp3) is 0.353. The van der Waals surface area contributed by atoms with Crippen molar-refractivity contribution in [1.82, 2.24) is 15.1 Å². The normalized spacial score (nSPS) is 12.5. The van der Waals surface area contributed by atoms with Gasteiger partial charge in [0.2, 0.25) is 11.7 Å². The van der Waals surface area contributed by atoms with Crippen LogP contribution in [0.15, 0.2) is 34.2 Å². The van der Waals surface area contributed by atoms with Crippen LogP contribution >= 0.6 is 11.3 Å². The van der Waals surface area contributed by atoms with E-state index in [-0.39, 0.29) is 6.10 Å². The average Bonchev–Trinajstić information content (AvgIpc) is 3.24. The Kier molecular flexibility index (Phi) is 4.83. The van der Waals surface area contributed by atoms with Gasteiger partial charge in [-0.05, 0) is 18.9 Å². The van der Waals surface area contributed by atoms with E-state index in [1.807, 2.05) is 30.5 Å². The lowest BCUT2D eigenvalue weighted by Crippen LogP contribution is -1.96. The molecule has 6 heteroatoms. The second-order valence-electron chi connectivity index (χ2n) is 5.25. The molecule has 0 saturated carbocycles. The monoisotopic (exact) mass is 329 g/mol. The molecule has 3 aromatic rings. The Morgan fingerprint density at radius 2 is 2.09 bits per heavy atom. The highest BCUT2D eigenvalue weighted by Gasteiger charge is 2.14. The number of thiazole rings is 1. The third kappa shape index (κ3) is 3.48. The minimum absolute atomic E-state index is 0.00317. The molecule has 0 aliphatic heterocycles. The first-order valence-electron chi connectivity index (χ1n) is 7.59. The predicted octanol–water partition coefficient (Wildman–Crippen LogP) is 4.05. The van der Waals surface area contributed by atoms with E-state index in [1.54, 1.807) is 18.4 Å². The number of hydrogen-bond acceptors (Lipinski definition) is 6. The van der Waals surface area contributed by atoms with Crippen molar-refractivity contribution in [3.05, 3.63) is 51.8 Å². The molecule has 0 fully saturated rings. The van der Waals surface area contributed by atoms with E-state index in [9.17, 15) is 0 Å². The second kappa shape index (κ2) is 7.02. The van der Waals surface area contributed by atoms with Crippen LogP contribution < -0.4 is 0 Å². The van der Waals surface area contributed by atoms with Crippen molar-refractivity contribution in [1.29, 1.82) is 0 Å². The van der Waals surface area contributed by atoms with Crippen molar-refractivity contribution in [3.63, 3.8) is 0 Å². The molecular formula is C17H19N3O2S. The van der Waals surface area contributed by atoms with Gasteiger partial charge in [0.05, 0.1) is 12.1 Å². The van der Waals surface area contributed by atoms with E-state index in [4.69, 9.17) is 9.26 Å². The molecule has 0 spiro atoms. The van der Waals surface area contributed by atoms with Crippen molar-refractivity contribution in [2.24, 2.45) is 0 Å². The van der Waals surface area contributed by atoms with Crippen LogP contribution in [0.1, 0.15) is 42.1 Å². The lowest BCUT2D eigenvalue weighted by molar-refractivity contribution is 0.119. The van der Waals surface area contributed by atoms with Gasteiger partial charge in [0, 0.05) is 18.1 Å². The van der Waals surface area contributed by atoms with E-state index in [2.05, 4.69) is 28.1 Å². The van der Waals surface area contributed by atoms with Gasteiger partial charge >= 0.3 is 0 Å². The number of benzene rings is 1. The molecule has 0 amide bonds. The van der Waals surface area contributed by atoms with Crippen LogP contribution in [0.5, 0.6) is 0 Å². The zero-order chi connectivity index (χ0) is 16.2. The summed E-state index contributed by atoms with van der Waals surface area (Å²) in [6, 6.07) is 8.12. The number of rotatable bonds is 6. The number of hydrogen-bond donors (Lipinski definition) is 0. The van der Waals surface area contributed by atoms with Crippen LogP contribution in [0, 0.1) is 0 Å². The maximum Gasteiger partial charge on any atom is 0.233 e. The molecule has 2 heterocycles. The van der Waals surface area contributed by atoms with Gasteiger partial charge in [0.25, 0.3) is 0 Å². The number of aryl methyl sites for hydroxylation is 1. The molecule has 0 N–H and O–H groups in total. The SMILES string of the molecule is CCc1ccccc1-c1noc(Cc2csc([C@H](C)OC)n2)n1. The molecule has 3 rings (SSSR count). The summed E-state index contributed by atoms with van der Waals surface area (Å²) < 4.78 is 10.7. The first kappa shape index (κ1) is 15.8. The maximum absolute atomic E-state index is 5.39. The van der Waals surface area contributed by atoms with Crippen LogP contribution in [0.3, 0.4) is 0 Å². The molecule has 120 valence electrons. The van der Waals surface area contributed by atoms with Gasteiger partial charge in [-0.2, -0.15) is 4.98 Å². The quantitative estimate of drug-likeness (QED) is 0.682. The standard InChI is InChI=1S/C17H19N3O2S/c1-4-12-7-5-6-8-14(12)16-19-15(22-20-16)9-13-10-23-17(18-13)11(2)21-3/h5-8,10-11H,4,9H2,1-3H3/t11-/m0/s1. The summed E-state index contributed by atoms with van der Waals surface area (Å²) in [5.41, 5.74) is 3.16. The van der Waals surface area contributed by atoms with Crippen molar-refractivity contribution >= 4 is 11.3 Å². The third-order valence-corrected chi connectivity index (χ3v) is 4.77. The first-order chi connectivity index (χ1) is 11.2. The molecule has 1 aromatic carbocycles. The van der Waals surface area contributed by atoms with Gasteiger partial charge in [0.15, 0.2) is 0 Å². The lowest BCUT2D eigenvalue weighted by Gasteiger charge is -2.03. The Morgan fingerprint density at radius 1 is 1.26 bits per heavy atom. The Morgan fingerprint density at radius 3 is 2.87 bits per heavy atom. The van der Waals surface area contributed by atoms with Crippen LogP contribution in [-0.4, -0.2) is 22.2 Å². The molecule has 0 aliphatic rings. The molecule has 0 unspecified atom stereocenters. The molecule has 0 aliphatic carbocycles. The zero-order valence-electron chi connectivity index (χ0n) is 13.4. The second-order valence-corrected chi connectivity index (χ2v) is 6.14. The summed E-state index contributed by atoms with van der Waals surface area (Å²) >= 11 is 1.58. The van der Waals surface area contributed by atoms with E-state index in [0.29, 0.717) is 18.1 Å². The van der Waals surface area contributed by atoms with Crippen molar-refractivity contribution in [3.8, 4) is 11.4 Å². The summed E-state index contributed by atoms with van der Waals surface area (Å²) in [6.45, 7) is 4.10. The molecule has 0 radical (unpaired) electrons. The van der Waals surface area contributed by atoms with Crippen molar-refractivity contribution in [2.75, 3.05) is 7.11 Å². The van der Waals surface area contributed by atoms with Gasteiger partial charge in [-0.25, -0.2) is 4.98 Å². The van der Waals surface area contributed by atoms with Crippen LogP contribution in [0.25, 0.3) is 11.4 Å². The lowest BCUT2D eigenvalue weighted by atomic mass is 10.1. The fourth-order valence-electron chi connectivity index (χ4n) is 2.33. The van der Waals surface area contributed by atoms with Crippen molar-refractivity contribution in [2.45, 2.75) is 32.8 Å². The topological polar surface area (TPSA) is 61.0 Å². The summed E-state index contributed by atoms with van der Waals surface area (Å²) in [5, 5.41) is 7.08. The Bertz CT molecular complexity index is 782. The number of methoxy groups -OCH3 is 1. The van der Waals surface area contributed by atoms with Gasteiger partial charge in [-0.15, -0.1) is 11.3 Å². The minimum atomic E-state index is 0.00317. The smallest absolute Gasteiger partial charge is 0.233 e. The average molecular weight is 329 g/mol. The Labute approximate surface area is 139 Å². The van der Waals surface area contributed by atoms with E-state index in [1.165, 1.54) is 5.56 Å². The van der Waals surface area contributed by atoms with E-state index in [0.717, 1.165) is 22.7 Å². The minimum Gasteiger partial charge on any atom is -0.375 e. The highest BCUT2D eigenvalue weighted by molar-refractivity contribution is 7.09. The van der Waals surface area contributed by atoms with Crippen LogP contribution in [-0.2, 0) is 17.6 Å².